The van der Waals surface area contributed by atoms with E-state index in [4.69, 9.17) is 4.99 Å². The molecule has 7 heteroatoms. The van der Waals surface area contributed by atoms with E-state index in [2.05, 4.69) is 58.0 Å². The number of aryl methyl sites for hydroxylation is 2. The van der Waals surface area contributed by atoms with Gasteiger partial charge < -0.3 is 10.6 Å². The molecule has 2 aliphatic rings. The van der Waals surface area contributed by atoms with Crippen LogP contribution in [-0.4, -0.2) is 39.9 Å². The molecule has 0 spiro atoms. The number of aromatic nitrogens is 3. The molecule has 4 rings (SSSR count). The molecule has 1 aliphatic heterocycles. The molecule has 0 bridgehead atoms. The van der Waals surface area contributed by atoms with E-state index in [-0.39, 0.29) is 24.0 Å². The molecule has 1 aromatic heterocycles. The normalized spacial score (nSPS) is 20.1. The molecule has 1 fully saturated rings. The van der Waals surface area contributed by atoms with Crippen molar-refractivity contribution in [2.45, 2.75) is 58.5 Å². The molecule has 2 N–H and O–H groups in total. The van der Waals surface area contributed by atoms with Crippen molar-refractivity contribution >= 4 is 29.9 Å². The first kappa shape index (κ1) is 21.1. The Morgan fingerprint density at radius 3 is 2.79 bits per heavy atom. The molecule has 1 unspecified atom stereocenters. The summed E-state index contributed by atoms with van der Waals surface area (Å²) in [6.45, 7) is 6.69. The van der Waals surface area contributed by atoms with E-state index in [0.29, 0.717) is 11.5 Å². The molecule has 152 valence electrons. The van der Waals surface area contributed by atoms with Crippen molar-refractivity contribution < 1.29 is 0 Å². The lowest BCUT2D eigenvalue weighted by Crippen LogP contribution is -2.47. The second kappa shape index (κ2) is 9.24. The topological polar surface area (TPSA) is 67.1 Å². The lowest BCUT2D eigenvalue weighted by atomic mass is 9.97. The molecule has 0 amide bonds. The summed E-state index contributed by atoms with van der Waals surface area (Å²) in [4.78, 5) is 9.44. The van der Waals surface area contributed by atoms with Crippen molar-refractivity contribution in [1.82, 2.24) is 25.4 Å². The van der Waals surface area contributed by atoms with Crippen molar-refractivity contribution in [2.24, 2.45) is 10.4 Å². The fourth-order valence-electron chi connectivity index (χ4n) is 3.91. The van der Waals surface area contributed by atoms with Gasteiger partial charge in [-0.25, -0.2) is 9.67 Å². The molecule has 6 nitrogen and oxygen atoms in total. The maximum absolute atomic E-state index is 4.95. The highest BCUT2D eigenvalue weighted by Gasteiger charge is 2.42. The lowest BCUT2D eigenvalue weighted by Gasteiger charge is -2.25. The Kier molecular flexibility index (Phi) is 6.95. The van der Waals surface area contributed by atoms with Gasteiger partial charge in [0.25, 0.3) is 0 Å². The molecule has 2 aromatic rings. The Morgan fingerprint density at radius 2 is 2.07 bits per heavy atom. The van der Waals surface area contributed by atoms with Crippen molar-refractivity contribution in [1.29, 1.82) is 0 Å². The summed E-state index contributed by atoms with van der Waals surface area (Å²) in [6.07, 6.45) is 5.71. The molecule has 1 aliphatic carbocycles. The van der Waals surface area contributed by atoms with Crippen LogP contribution in [0.25, 0.3) is 0 Å². The number of hydrogen-bond donors (Lipinski definition) is 2. The van der Waals surface area contributed by atoms with Gasteiger partial charge in [0.2, 0.25) is 0 Å². The van der Waals surface area contributed by atoms with Gasteiger partial charge in [-0.05, 0) is 50.5 Å². The lowest BCUT2D eigenvalue weighted by molar-refractivity contribution is 0.391. The number of aliphatic imine (C=N–C) groups is 1. The minimum absolute atomic E-state index is 0. The number of hydrogen-bond acceptors (Lipinski definition) is 3. The number of fused-ring (bicyclic) bond motifs is 1. The highest BCUT2D eigenvalue weighted by molar-refractivity contribution is 14.0. The first-order chi connectivity index (χ1) is 13.2. The third-order valence-corrected chi connectivity index (χ3v) is 5.60. The Bertz CT molecular complexity index is 796. The Hall–Kier alpha value is -1.64. The van der Waals surface area contributed by atoms with Crippen LogP contribution in [0.15, 0.2) is 35.3 Å². The fourth-order valence-corrected chi connectivity index (χ4v) is 3.91. The molecule has 28 heavy (non-hydrogen) atoms. The summed E-state index contributed by atoms with van der Waals surface area (Å²) < 4.78 is 2.04. The Morgan fingerprint density at radius 1 is 1.29 bits per heavy atom. The van der Waals surface area contributed by atoms with Gasteiger partial charge in [0.15, 0.2) is 5.96 Å². The van der Waals surface area contributed by atoms with E-state index < -0.39 is 0 Å². The van der Waals surface area contributed by atoms with Crippen LogP contribution < -0.4 is 10.6 Å². The zero-order valence-corrected chi connectivity index (χ0v) is 19.1. The van der Waals surface area contributed by atoms with Crippen LogP contribution in [0, 0.1) is 12.3 Å². The molecular weight excluding hydrogens is 463 g/mol. The van der Waals surface area contributed by atoms with Crippen molar-refractivity contribution in [3.63, 3.8) is 0 Å². The summed E-state index contributed by atoms with van der Waals surface area (Å²) >= 11 is 0. The predicted molar refractivity (Wildman–Crippen MR) is 123 cm³/mol. The predicted octanol–water partition coefficient (Wildman–Crippen LogP) is 3.10. The van der Waals surface area contributed by atoms with Crippen LogP contribution in [0.2, 0.25) is 0 Å². The highest BCUT2D eigenvalue weighted by Crippen LogP contribution is 2.48. The van der Waals surface area contributed by atoms with Crippen LogP contribution in [-0.2, 0) is 19.4 Å². The maximum Gasteiger partial charge on any atom is 0.191 e. The molecule has 0 saturated heterocycles. The van der Waals surface area contributed by atoms with Crippen LogP contribution in [0.3, 0.4) is 0 Å². The fraction of sp³-hybridized carbons (Fsp3) is 0.571. The number of benzene rings is 1. The summed E-state index contributed by atoms with van der Waals surface area (Å²) in [7, 11) is 0. The summed E-state index contributed by atoms with van der Waals surface area (Å²) in [5, 5.41) is 11.5. The van der Waals surface area contributed by atoms with Gasteiger partial charge >= 0.3 is 0 Å². The first-order valence-corrected chi connectivity index (χ1v) is 10.1. The van der Waals surface area contributed by atoms with Gasteiger partial charge in [-0.15, -0.1) is 24.0 Å². The zero-order chi connectivity index (χ0) is 18.7. The molecule has 2 heterocycles. The van der Waals surface area contributed by atoms with E-state index in [1.54, 1.807) is 0 Å². The molecule has 1 aromatic carbocycles. The van der Waals surface area contributed by atoms with E-state index in [9.17, 15) is 0 Å². The second-order valence-corrected chi connectivity index (χ2v) is 7.99. The van der Waals surface area contributed by atoms with Gasteiger partial charge in [-0.2, -0.15) is 5.10 Å². The highest BCUT2D eigenvalue weighted by atomic mass is 127. The standard InChI is InChI=1S/C21H30N6.HI/c1-3-22-20(25-18-9-10-19-24-16(2)26-27(19)14-18)23-15-21(11-12-21)13-17-7-5-4-6-8-17;/h4-8,18H,3,9-15H2,1-2H3,(H2,22,23,25);1H. The second-order valence-electron chi connectivity index (χ2n) is 7.99. The molecule has 1 atom stereocenters. The van der Waals surface area contributed by atoms with E-state index in [0.717, 1.165) is 56.5 Å². The van der Waals surface area contributed by atoms with E-state index >= 15 is 0 Å². The minimum Gasteiger partial charge on any atom is -0.357 e. The van der Waals surface area contributed by atoms with Crippen LogP contribution in [0.1, 0.15) is 43.4 Å². The number of nitrogens with one attached hydrogen (secondary N) is 2. The number of halogens is 1. The molecular formula is C21H31IN6. The molecule has 1 saturated carbocycles. The van der Waals surface area contributed by atoms with Crippen LogP contribution in [0.4, 0.5) is 0 Å². The van der Waals surface area contributed by atoms with Gasteiger partial charge in [-0.3, -0.25) is 4.99 Å². The molecule has 0 radical (unpaired) electrons. The Labute approximate surface area is 184 Å². The monoisotopic (exact) mass is 494 g/mol. The van der Waals surface area contributed by atoms with Gasteiger partial charge in [0.1, 0.15) is 11.6 Å². The summed E-state index contributed by atoms with van der Waals surface area (Å²) in [5.41, 5.74) is 1.77. The zero-order valence-electron chi connectivity index (χ0n) is 16.8. The smallest absolute Gasteiger partial charge is 0.191 e. The number of nitrogens with zero attached hydrogens (tertiary/aromatic N) is 4. The third kappa shape index (κ3) is 5.24. The number of rotatable bonds is 6. The van der Waals surface area contributed by atoms with Crippen LogP contribution >= 0.6 is 24.0 Å². The van der Waals surface area contributed by atoms with Crippen molar-refractivity contribution in [2.75, 3.05) is 13.1 Å². The van der Waals surface area contributed by atoms with Gasteiger partial charge in [0, 0.05) is 25.6 Å². The average Bonchev–Trinajstić information content (AvgIpc) is 3.32. The van der Waals surface area contributed by atoms with Crippen molar-refractivity contribution in [3.05, 3.63) is 47.5 Å². The number of guanidine groups is 1. The summed E-state index contributed by atoms with van der Waals surface area (Å²) in [6, 6.07) is 11.1. The first-order valence-electron chi connectivity index (χ1n) is 10.1. The van der Waals surface area contributed by atoms with Gasteiger partial charge in [-0.1, -0.05) is 30.3 Å². The van der Waals surface area contributed by atoms with Gasteiger partial charge in [0.05, 0.1) is 6.54 Å². The van der Waals surface area contributed by atoms with E-state index in [1.165, 1.54) is 18.4 Å². The summed E-state index contributed by atoms with van der Waals surface area (Å²) in [5.74, 6) is 2.90. The average molecular weight is 494 g/mol. The van der Waals surface area contributed by atoms with E-state index in [1.807, 2.05) is 11.6 Å². The minimum atomic E-state index is 0. The maximum atomic E-state index is 4.95. The van der Waals surface area contributed by atoms with Crippen LogP contribution in [0.5, 0.6) is 0 Å². The van der Waals surface area contributed by atoms with Crippen molar-refractivity contribution in [3.8, 4) is 0 Å². The quantitative estimate of drug-likeness (QED) is 0.368. The SMILES string of the molecule is CCNC(=NCC1(Cc2ccccc2)CC1)NC1CCc2nc(C)nn2C1.I. The largest absolute Gasteiger partial charge is 0.357 e. The Balaban J connectivity index is 0.00000225. The third-order valence-electron chi connectivity index (χ3n) is 5.60.